The Morgan fingerprint density at radius 3 is 2.87 bits per heavy atom. The van der Waals surface area contributed by atoms with Gasteiger partial charge in [-0.3, -0.25) is 9.59 Å². The van der Waals surface area contributed by atoms with Crippen LogP contribution in [0.25, 0.3) is 0 Å². The fraction of sp³-hybridized carbons (Fsp3) is 0.273. The molecule has 0 heterocycles. The molecule has 1 amide bonds. The van der Waals surface area contributed by atoms with Crippen LogP contribution in [-0.2, 0) is 4.79 Å². The topological polar surface area (TPSA) is 66.4 Å². The second-order valence-corrected chi connectivity index (χ2v) is 3.11. The monoisotopic (exact) mass is 206 g/mol. The lowest BCUT2D eigenvalue weighted by molar-refractivity contribution is -0.136. The zero-order valence-electron chi connectivity index (χ0n) is 8.41. The molecule has 15 heavy (non-hydrogen) atoms. The van der Waals surface area contributed by atoms with E-state index in [0.717, 1.165) is 5.56 Å². The SMILES string of the molecule is Cc1[c]cccc1C(=O)NCCC(=O)O. The van der Waals surface area contributed by atoms with Crippen molar-refractivity contribution >= 4 is 11.9 Å². The van der Waals surface area contributed by atoms with Gasteiger partial charge in [-0.05, 0) is 24.6 Å². The number of carbonyl (C=O) groups excluding carboxylic acids is 1. The van der Waals surface area contributed by atoms with E-state index in [0.29, 0.717) is 5.56 Å². The van der Waals surface area contributed by atoms with Crippen LogP contribution in [0, 0.1) is 13.0 Å². The van der Waals surface area contributed by atoms with Gasteiger partial charge in [0, 0.05) is 12.1 Å². The van der Waals surface area contributed by atoms with Crippen LogP contribution in [0.3, 0.4) is 0 Å². The minimum absolute atomic E-state index is 0.0681. The Labute approximate surface area is 87.9 Å². The van der Waals surface area contributed by atoms with Crippen LogP contribution in [0.5, 0.6) is 0 Å². The first-order chi connectivity index (χ1) is 7.11. The van der Waals surface area contributed by atoms with E-state index in [1.807, 2.05) is 0 Å². The van der Waals surface area contributed by atoms with Crippen molar-refractivity contribution < 1.29 is 14.7 Å². The lowest BCUT2D eigenvalue weighted by atomic mass is 10.1. The Bertz CT molecular complexity index is 374. The molecule has 0 aliphatic heterocycles. The Morgan fingerprint density at radius 2 is 2.27 bits per heavy atom. The van der Waals surface area contributed by atoms with E-state index in [2.05, 4.69) is 11.4 Å². The molecule has 79 valence electrons. The number of carbonyl (C=O) groups is 2. The average molecular weight is 206 g/mol. The van der Waals surface area contributed by atoms with Crippen molar-refractivity contribution in [3.63, 3.8) is 0 Å². The van der Waals surface area contributed by atoms with Gasteiger partial charge in [-0.1, -0.05) is 12.1 Å². The maximum absolute atomic E-state index is 11.5. The molecule has 4 nitrogen and oxygen atoms in total. The minimum Gasteiger partial charge on any atom is -0.481 e. The summed E-state index contributed by atoms with van der Waals surface area (Å²) in [6.07, 6.45) is -0.0681. The molecule has 0 saturated heterocycles. The third-order valence-corrected chi connectivity index (χ3v) is 1.93. The van der Waals surface area contributed by atoms with E-state index in [4.69, 9.17) is 5.11 Å². The number of aryl methyl sites for hydroxylation is 1. The second-order valence-electron chi connectivity index (χ2n) is 3.11. The maximum atomic E-state index is 11.5. The molecule has 2 N–H and O–H groups in total. The lowest BCUT2D eigenvalue weighted by Gasteiger charge is -2.05. The minimum atomic E-state index is -0.924. The third kappa shape index (κ3) is 3.42. The summed E-state index contributed by atoms with van der Waals surface area (Å²) in [6.45, 7) is 1.93. The van der Waals surface area contributed by atoms with Gasteiger partial charge in [0.25, 0.3) is 5.91 Å². The normalized spacial score (nSPS) is 9.67. The lowest BCUT2D eigenvalue weighted by Crippen LogP contribution is -2.26. The smallest absolute Gasteiger partial charge is 0.305 e. The number of benzene rings is 1. The third-order valence-electron chi connectivity index (χ3n) is 1.93. The van der Waals surface area contributed by atoms with Crippen LogP contribution < -0.4 is 5.32 Å². The summed E-state index contributed by atoms with van der Waals surface area (Å²) in [6, 6.07) is 8.03. The highest BCUT2D eigenvalue weighted by Gasteiger charge is 2.07. The quantitative estimate of drug-likeness (QED) is 0.772. The molecule has 0 fully saturated rings. The highest BCUT2D eigenvalue weighted by molar-refractivity contribution is 5.95. The number of amides is 1. The Morgan fingerprint density at radius 1 is 1.53 bits per heavy atom. The summed E-state index contributed by atoms with van der Waals surface area (Å²) in [5, 5.41) is 10.9. The molecule has 0 atom stereocenters. The molecule has 0 aliphatic carbocycles. The van der Waals surface area contributed by atoms with E-state index < -0.39 is 5.97 Å². The summed E-state index contributed by atoms with van der Waals surface area (Å²) in [5.41, 5.74) is 1.29. The van der Waals surface area contributed by atoms with Gasteiger partial charge in [-0.25, -0.2) is 0 Å². The van der Waals surface area contributed by atoms with Gasteiger partial charge in [0.1, 0.15) is 0 Å². The fourth-order valence-electron chi connectivity index (χ4n) is 1.14. The van der Waals surface area contributed by atoms with E-state index in [1.165, 1.54) is 0 Å². The zero-order valence-corrected chi connectivity index (χ0v) is 8.41. The van der Waals surface area contributed by atoms with Crippen molar-refractivity contribution in [2.75, 3.05) is 6.54 Å². The highest BCUT2D eigenvalue weighted by Crippen LogP contribution is 2.05. The fourth-order valence-corrected chi connectivity index (χ4v) is 1.14. The van der Waals surface area contributed by atoms with Gasteiger partial charge in [-0.2, -0.15) is 0 Å². The molecule has 0 aliphatic rings. The maximum Gasteiger partial charge on any atom is 0.305 e. The van der Waals surface area contributed by atoms with E-state index in [9.17, 15) is 9.59 Å². The molecule has 0 saturated carbocycles. The van der Waals surface area contributed by atoms with Crippen molar-refractivity contribution in [3.8, 4) is 0 Å². The van der Waals surface area contributed by atoms with Crippen molar-refractivity contribution in [2.24, 2.45) is 0 Å². The average Bonchev–Trinajstić information content (AvgIpc) is 2.17. The van der Waals surface area contributed by atoms with Gasteiger partial charge >= 0.3 is 5.97 Å². The summed E-state index contributed by atoms with van der Waals surface area (Å²) >= 11 is 0. The number of aliphatic carboxylic acids is 1. The van der Waals surface area contributed by atoms with Crippen LogP contribution in [-0.4, -0.2) is 23.5 Å². The molecule has 1 aromatic carbocycles. The van der Waals surface area contributed by atoms with Gasteiger partial charge in [0.15, 0.2) is 0 Å². The molecule has 4 heteroatoms. The van der Waals surface area contributed by atoms with E-state index in [-0.39, 0.29) is 18.9 Å². The molecular formula is C11H12NO3. The van der Waals surface area contributed by atoms with Crippen molar-refractivity contribution in [3.05, 3.63) is 35.4 Å². The molecule has 1 rings (SSSR count). The second kappa shape index (κ2) is 5.14. The van der Waals surface area contributed by atoms with Gasteiger partial charge in [0.05, 0.1) is 6.42 Å². The summed E-state index contributed by atoms with van der Waals surface area (Å²) in [4.78, 5) is 21.7. The first-order valence-corrected chi connectivity index (χ1v) is 4.58. The predicted octanol–water partition coefficient (Wildman–Crippen LogP) is 1.000. The molecule has 0 bridgehead atoms. The number of rotatable bonds is 4. The molecule has 0 unspecified atom stereocenters. The van der Waals surface area contributed by atoms with Crippen LogP contribution in [0.1, 0.15) is 22.3 Å². The van der Waals surface area contributed by atoms with Crippen molar-refractivity contribution in [1.29, 1.82) is 0 Å². The molecule has 1 aromatic rings. The van der Waals surface area contributed by atoms with E-state index >= 15 is 0 Å². The summed E-state index contributed by atoms with van der Waals surface area (Å²) in [5.74, 6) is -1.18. The molecular weight excluding hydrogens is 194 g/mol. The van der Waals surface area contributed by atoms with Crippen molar-refractivity contribution in [1.82, 2.24) is 5.32 Å². The highest BCUT2D eigenvalue weighted by atomic mass is 16.4. The number of hydrogen-bond acceptors (Lipinski definition) is 2. The number of hydrogen-bond donors (Lipinski definition) is 2. The van der Waals surface area contributed by atoms with Crippen LogP contribution in [0.15, 0.2) is 18.2 Å². The van der Waals surface area contributed by atoms with Crippen LogP contribution >= 0.6 is 0 Å². The molecule has 0 spiro atoms. The van der Waals surface area contributed by atoms with Gasteiger partial charge in [0.2, 0.25) is 0 Å². The zero-order chi connectivity index (χ0) is 11.3. The van der Waals surface area contributed by atoms with Gasteiger partial charge < -0.3 is 10.4 Å². The van der Waals surface area contributed by atoms with Gasteiger partial charge in [-0.15, -0.1) is 0 Å². The largest absolute Gasteiger partial charge is 0.481 e. The number of carboxylic acid groups (broad SMARTS) is 1. The van der Waals surface area contributed by atoms with Crippen LogP contribution in [0.2, 0.25) is 0 Å². The molecule has 1 radical (unpaired) electrons. The number of nitrogens with one attached hydrogen (secondary N) is 1. The predicted molar refractivity (Wildman–Crippen MR) is 54.6 cm³/mol. The molecule has 0 aromatic heterocycles. The first-order valence-electron chi connectivity index (χ1n) is 4.58. The van der Waals surface area contributed by atoms with Crippen LogP contribution in [0.4, 0.5) is 0 Å². The van der Waals surface area contributed by atoms with Crippen molar-refractivity contribution in [2.45, 2.75) is 13.3 Å². The number of carboxylic acids is 1. The Balaban J connectivity index is 2.54. The Hall–Kier alpha value is -1.84. The van der Waals surface area contributed by atoms with E-state index in [1.54, 1.807) is 25.1 Å². The Kier molecular flexibility index (Phi) is 3.85. The summed E-state index contributed by atoms with van der Waals surface area (Å²) < 4.78 is 0. The standard InChI is InChI=1S/C11H12NO3/c1-8-4-2-3-5-9(8)11(15)12-7-6-10(13)14/h2-3,5H,6-7H2,1H3,(H,12,15)(H,13,14). The first kappa shape index (κ1) is 11.2. The summed E-state index contributed by atoms with van der Waals surface area (Å²) in [7, 11) is 0.